The van der Waals surface area contributed by atoms with Crippen LogP contribution >= 0.6 is 0 Å². The lowest BCUT2D eigenvalue weighted by molar-refractivity contribution is 0.289. The van der Waals surface area contributed by atoms with E-state index in [-0.39, 0.29) is 0 Å². The minimum atomic E-state index is -0.741. The topological polar surface area (TPSA) is 0 Å². The third-order valence-electron chi connectivity index (χ3n) is 6.70. The van der Waals surface area contributed by atoms with Crippen molar-refractivity contribution in [2.24, 2.45) is 17.8 Å². The lowest BCUT2D eigenvalue weighted by Crippen LogP contribution is -2.14. The van der Waals surface area contributed by atoms with Crippen molar-refractivity contribution in [3.05, 3.63) is 47.5 Å². The summed E-state index contributed by atoms with van der Waals surface area (Å²) >= 11 is 0. The molecule has 0 bridgehead atoms. The number of unbranched alkanes of at least 4 members (excludes halogenated alkanes) is 1. The van der Waals surface area contributed by atoms with Crippen LogP contribution in [0.1, 0.15) is 89.0 Å². The van der Waals surface area contributed by atoms with Crippen LogP contribution < -0.4 is 0 Å². The van der Waals surface area contributed by atoms with Crippen LogP contribution in [0, 0.1) is 29.4 Å². The van der Waals surface area contributed by atoms with Crippen LogP contribution in [0.15, 0.2) is 30.4 Å². The monoisotopic (exact) mass is 360 g/mol. The van der Waals surface area contributed by atoms with Gasteiger partial charge in [-0.1, -0.05) is 44.4 Å². The van der Waals surface area contributed by atoms with E-state index in [4.69, 9.17) is 0 Å². The molecule has 3 rings (SSSR count). The van der Waals surface area contributed by atoms with Crippen LogP contribution in [0.4, 0.5) is 8.78 Å². The Balaban J connectivity index is 1.41. The number of rotatable bonds is 6. The molecule has 0 unspecified atom stereocenters. The normalized spacial score (nSPS) is 30.0. The van der Waals surface area contributed by atoms with E-state index in [2.05, 4.69) is 19.1 Å². The van der Waals surface area contributed by atoms with Gasteiger partial charge in [0.15, 0.2) is 11.6 Å². The molecule has 0 atom stereocenters. The van der Waals surface area contributed by atoms with Gasteiger partial charge in [0.1, 0.15) is 0 Å². The minimum Gasteiger partial charge on any atom is -0.204 e. The van der Waals surface area contributed by atoms with Crippen molar-refractivity contribution in [3.63, 3.8) is 0 Å². The SMILES string of the molecule is CCCC[C@H]1CC[C@H](C=C[C@H]2CC[C@H](c3ccc(F)c(F)c3)CC2)CC1. The minimum absolute atomic E-state index is 0.392. The van der Waals surface area contributed by atoms with Crippen LogP contribution in [-0.2, 0) is 0 Å². The number of hydrogen-bond donors (Lipinski definition) is 0. The van der Waals surface area contributed by atoms with Crippen molar-refractivity contribution in [3.8, 4) is 0 Å². The first-order valence-electron chi connectivity index (χ1n) is 10.8. The summed E-state index contributed by atoms with van der Waals surface area (Å²) in [5.74, 6) is 1.38. The molecule has 0 aliphatic heterocycles. The molecule has 0 heterocycles. The van der Waals surface area contributed by atoms with E-state index in [0.29, 0.717) is 11.8 Å². The highest BCUT2D eigenvalue weighted by molar-refractivity contribution is 5.22. The highest BCUT2D eigenvalue weighted by Crippen LogP contribution is 2.38. The van der Waals surface area contributed by atoms with Crippen molar-refractivity contribution in [2.45, 2.75) is 83.5 Å². The molecule has 0 radical (unpaired) electrons. The summed E-state index contributed by atoms with van der Waals surface area (Å²) in [5.41, 5.74) is 0.969. The van der Waals surface area contributed by atoms with E-state index < -0.39 is 11.6 Å². The van der Waals surface area contributed by atoms with Gasteiger partial charge >= 0.3 is 0 Å². The lowest BCUT2D eigenvalue weighted by Gasteiger charge is -2.29. The molecule has 26 heavy (non-hydrogen) atoms. The van der Waals surface area contributed by atoms with Crippen molar-refractivity contribution in [2.75, 3.05) is 0 Å². The van der Waals surface area contributed by atoms with E-state index in [9.17, 15) is 8.78 Å². The number of benzene rings is 1. The van der Waals surface area contributed by atoms with Crippen molar-refractivity contribution in [1.29, 1.82) is 0 Å². The third-order valence-corrected chi connectivity index (χ3v) is 6.70. The van der Waals surface area contributed by atoms with Gasteiger partial charge in [0.2, 0.25) is 0 Å². The second-order valence-corrected chi connectivity index (χ2v) is 8.59. The average Bonchev–Trinajstić information content (AvgIpc) is 2.68. The predicted molar refractivity (Wildman–Crippen MR) is 105 cm³/mol. The Kier molecular flexibility index (Phi) is 7.28. The third kappa shape index (κ3) is 5.41. The predicted octanol–water partition coefficient (Wildman–Crippen LogP) is 7.79. The summed E-state index contributed by atoms with van der Waals surface area (Å²) in [4.78, 5) is 0. The molecule has 0 aromatic heterocycles. The van der Waals surface area contributed by atoms with Gasteiger partial charge in [-0.25, -0.2) is 8.78 Å². The Bertz CT molecular complexity index is 576. The summed E-state index contributed by atoms with van der Waals surface area (Å²) in [6.45, 7) is 2.29. The van der Waals surface area contributed by atoms with Crippen LogP contribution in [0.2, 0.25) is 0 Å². The number of hydrogen-bond acceptors (Lipinski definition) is 0. The summed E-state index contributed by atoms with van der Waals surface area (Å²) in [5, 5.41) is 0. The summed E-state index contributed by atoms with van der Waals surface area (Å²) < 4.78 is 26.6. The molecule has 0 amide bonds. The van der Waals surface area contributed by atoms with Gasteiger partial charge in [0.25, 0.3) is 0 Å². The molecule has 2 fully saturated rings. The lowest BCUT2D eigenvalue weighted by atomic mass is 9.77. The maximum atomic E-state index is 13.4. The van der Waals surface area contributed by atoms with Gasteiger partial charge in [0, 0.05) is 0 Å². The zero-order valence-corrected chi connectivity index (χ0v) is 16.2. The molecular formula is C24H34F2. The molecule has 2 heteroatoms. The zero-order chi connectivity index (χ0) is 18.4. The average molecular weight is 361 g/mol. The van der Waals surface area contributed by atoms with Gasteiger partial charge in [0.05, 0.1) is 0 Å². The Morgan fingerprint density at radius 1 is 0.846 bits per heavy atom. The summed E-state index contributed by atoms with van der Waals surface area (Å²) in [6, 6.07) is 4.43. The highest BCUT2D eigenvalue weighted by atomic mass is 19.2. The Hall–Kier alpha value is -1.18. The molecule has 0 nitrogen and oxygen atoms in total. The van der Waals surface area contributed by atoms with Gasteiger partial charge in [-0.15, -0.1) is 0 Å². The molecule has 0 spiro atoms. The second kappa shape index (κ2) is 9.67. The van der Waals surface area contributed by atoms with E-state index >= 15 is 0 Å². The van der Waals surface area contributed by atoms with Gasteiger partial charge in [-0.3, -0.25) is 0 Å². The van der Waals surface area contributed by atoms with Crippen molar-refractivity contribution in [1.82, 2.24) is 0 Å². The zero-order valence-electron chi connectivity index (χ0n) is 16.2. The molecule has 1 aromatic carbocycles. The molecule has 0 saturated heterocycles. The fourth-order valence-corrected chi connectivity index (χ4v) is 4.89. The van der Waals surface area contributed by atoms with Crippen molar-refractivity contribution >= 4 is 0 Å². The Morgan fingerprint density at radius 3 is 2.04 bits per heavy atom. The summed E-state index contributed by atoms with van der Waals surface area (Å²) in [6.07, 6.45) is 19.2. The number of halogens is 2. The molecule has 0 N–H and O–H groups in total. The second-order valence-electron chi connectivity index (χ2n) is 8.59. The van der Waals surface area contributed by atoms with Crippen molar-refractivity contribution < 1.29 is 8.78 Å². The Morgan fingerprint density at radius 2 is 1.46 bits per heavy atom. The molecule has 2 aliphatic rings. The van der Waals surface area contributed by atoms with E-state index in [1.54, 1.807) is 6.07 Å². The van der Waals surface area contributed by atoms with Crippen LogP contribution in [0.3, 0.4) is 0 Å². The maximum Gasteiger partial charge on any atom is 0.159 e. The quantitative estimate of drug-likeness (QED) is 0.454. The summed E-state index contributed by atoms with van der Waals surface area (Å²) in [7, 11) is 0. The smallest absolute Gasteiger partial charge is 0.159 e. The van der Waals surface area contributed by atoms with E-state index in [1.807, 2.05) is 0 Å². The fraction of sp³-hybridized carbons (Fsp3) is 0.667. The van der Waals surface area contributed by atoms with E-state index in [1.165, 1.54) is 69.9 Å². The Labute approximate surface area is 158 Å². The van der Waals surface area contributed by atoms with Crippen LogP contribution in [-0.4, -0.2) is 0 Å². The first kappa shape index (κ1) is 19.6. The molecule has 2 aliphatic carbocycles. The first-order valence-corrected chi connectivity index (χ1v) is 10.8. The first-order chi connectivity index (χ1) is 12.7. The molecule has 2 saturated carbocycles. The van der Waals surface area contributed by atoms with Gasteiger partial charge < -0.3 is 0 Å². The molecule has 1 aromatic rings. The van der Waals surface area contributed by atoms with E-state index in [0.717, 1.165) is 30.2 Å². The van der Waals surface area contributed by atoms with Crippen LogP contribution in [0.25, 0.3) is 0 Å². The maximum absolute atomic E-state index is 13.4. The molecular weight excluding hydrogens is 326 g/mol. The number of allylic oxidation sites excluding steroid dienone is 2. The highest BCUT2D eigenvalue weighted by Gasteiger charge is 2.23. The largest absolute Gasteiger partial charge is 0.204 e. The fourth-order valence-electron chi connectivity index (χ4n) is 4.89. The van der Waals surface area contributed by atoms with Gasteiger partial charge in [-0.05, 0) is 92.7 Å². The molecule has 144 valence electrons. The van der Waals surface area contributed by atoms with Crippen LogP contribution in [0.5, 0.6) is 0 Å². The standard InChI is InChI=1S/C24H34F2/c1-2-3-4-18-5-7-19(8-6-18)9-10-20-11-13-21(14-12-20)22-15-16-23(25)24(26)17-22/h9-10,15-21H,2-8,11-14H2,1H3/t18-,19-,20-,21-. The van der Waals surface area contributed by atoms with Gasteiger partial charge in [-0.2, -0.15) is 0 Å².